The van der Waals surface area contributed by atoms with Crippen molar-refractivity contribution in [3.8, 4) is 5.75 Å². The number of fused-ring (bicyclic) bond motifs is 3. The van der Waals surface area contributed by atoms with Gasteiger partial charge < -0.3 is 14.8 Å². The van der Waals surface area contributed by atoms with Gasteiger partial charge in [0.25, 0.3) is 0 Å². The highest BCUT2D eigenvalue weighted by Crippen LogP contribution is 2.49. The van der Waals surface area contributed by atoms with E-state index in [0.717, 1.165) is 35.9 Å². The normalized spacial score (nSPS) is 24.6. The monoisotopic (exact) mass is 355 g/mol. The van der Waals surface area contributed by atoms with Crippen LogP contribution in [0.1, 0.15) is 36.1 Å². The molecule has 0 aromatic heterocycles. The smallest absolute Gasteiger partial charge is 0.120 e. The van der Waals surface area contributed by atoms with E-state index in [-0.39, 0.29) is 12.1 Å². The SMILES string of the molecule is C=CCOc1cccc([C@H]2Nc3ccc(Cl)cc3[C@H]3OCCC[C@@H]23)c1. The molecule has 2 aliphatic heterocycles. The van der Waals surface area contributed by atoms with Crippen LogP contribution < -0.4 is 10.1 Å². The number of benzene rings is 2. The van der Waals surface area contributed by atoms with Crippen LogP contribution in [0.15, 0.2) is 55.1 Å². The summed E-state index contributed by atoms with van der Waals surface area (Å²) in [6, 6.07) is 14.5. The van der Waals surface area contributed by atoms with E-state index >= 15 is 0 Å². The van der Waals surface area contributed by atoms with Crippen LogP contribution >= 0.6 is 11.6 Å². The van der Waals surface area contributed by atoms with Gasteiger partial charge in [-0.05, 0) is 48.7 Å². The zero-order valence-corrected chi connectivity index (χ0v) is 14.8. The van der Waals surface area contributed by atoms with E-state index in [1.807, 2.05) is 24.3 Å². The predicted octanol–water partition coefficient (Wildman–Crippen LogP) is 5.54. The molecule has 1 N–H and O–H groups in total. The summed E-state index contributed by atoms with van der Waals surface area (Å²) in [6.45, 7) is 5.03. The third kappa shape index (κ3) is 3.26. The Bertz CT molecular complexity index is 776. The van der Waals surface area contributed by atoms with Crippen molar-refractivity contribution in [3.05, 3.63) is 71.3 Å². The van der Waals surface area contributed by atoms with E-state index in [0.29, 0.717) is 12.5 Å². The van der Waals surface area contributed by atoms with Gasteiger partial charge in [0.2, 0.25) is 0 Å². The minimum atomic E-state index is 0.0893. The fraction of sp³-hybridized carbons (Fsp3) is 0.333. The molecule has 4 rings (SSSR count). The van der Waals surface area contributed by atoms with Gasteiger partial charge in [0.05, 0.1) is 12.1 Å². The van der Waals surface area contributed by atoms with Crippen LogP contribution in [-0.4, -0.2) is 13.2 Å². The Morgan fingerprint density at radius 3 is 3.08 bits per heavy atom. The average Bonchev–Trinajstić information content (AvgIpc) is 2.66. The van der Waals surface area contributed by atoms with Gasteiger partial charge in [-0.1, -0.05) is 36.4 Å². The lowest BCUT2D eigenvalue weighted by Gasteiger charge is -2.43. The molecule has 2 aromatic carbocycles. The summed E-state index contributed by atoms with van der Waals surface area (Å²) in [4.78, 5) is 0. The molecule has 2 heterocycles. The molecule has 1 saturated heterocycles. The van der Waals surface area contributed by atoms with Gasteiger partial charge in [-0.2, -0.15) is 0 Å². The first-order chi connectivity index (χ1) is 12.3. The molecule has 1 fully saturated rings. The summed E-state index contributed by atoms with van der Waals surface area (Å²) in [5.41, 5.74) is 3.50. The Kier molecular flexibility index (Phi) is 4.69. The summed E-state index contributed by atoms with van der Waals surface area (Å²) in [5.74, 6) is 1.25. The Hall–Kier alpha value is -1.97. The highest BCUT2D eigenvalue weighted by Gasteiger charge is 2.39. The standard InChI is InChI=1S/C21H22ClNO2/c1-2-10-24-16-6-3-5-14(12-16)20-17-7-4-11-25-21(17)18-13-15(22)8-9-19(18)23-20/h2-3,5-6,8-9,12-13,17,20-21,23H,1,4,7,10-11H2/t17-,20+,21-/m0/s1. The van der Waals surface area contributed by atoms with Gasteiger partial charge in [-0.3, -0.25) is 0 Å². The molecule has 0 aliphatic carbocycles. The molecule has 0 bridgehead atoms. The van der Waals surface area contributed by atoms with Crippen molar-refractivity contribution in [1.82, 2.24) is 0 Å². The lowest BCUT2D eigenvalue weighted by Crippen LogP contribution is -2.36. The number of nitrogens with one attached hydrogen (secondary N) is 1. The Labute approximate surface area is 153 Å². The van der Waals surface area contributed by atoms with E-state index in [4.69, 9.17) is 21.1 Å². The molecule has 0 spiro atoms. The molecule has 0 saturated carbocycles. The zero-order chi connectivity index (χ0) is 17.2. The quantitative estimate of drug-likeness (QED) is 0.730. The Balaban J connectivity index is 1.70. The third-order valence-corrected chi connectivity index (χ3v) is 5.25. The van der Waals surface area contributed by atoms with Gasteiger partial charge in [0.1, 0.15) is 12.4 Å². The Morgan fingerprint density at radius 1 is 1.28 bits per heavy atom. The minimum absolute atomic E-state index is 0.0893. The minimum Gasteiger partial charge on any atom is -0.490 e. The van der Waals surface area contributed by atoms with Crippen LogP contribution in [0, 0.1) is 5.92 Å². The largest absolute Gasteiger partial charge is 0.490 e. The third-order valence-electron chi connectivity index (χ3n) is 5.01. The second-order valence-corrected chi connectivity index (χ2v) is 7.06. The van der Waals surface area contributed by atoms with E-state index in [1.165, 1.54) is 11.1 Å². The van der Waals surface area contributed by atoms with Crippen LogP contribution in [0.25, 0.3) is 0 Å². The second kappa shape index (κ2) is 7.11. The van der Waals surface area contributed by atoms with Crippen LogP contribution in [0.2, 0.25) is 5.02 Å². The average molecular weight is 356 g/mol. The fourth-order valence-corrected chi connectivity index (χ4v) is 4.11. The van der Waals surface area contributed by atoms with Crippen molar-refractivity contribution in [2.75, 3.05) is 18.5 Å². The van der Waals surface area contributed by atoms with Crippen molar-refractivity contribution in [3.63, 3.8) is 0 Å². The van der Waals surface area contributed by atoms with Crippen LogP contribution in [0.4, 0.5) is 5.69 Å². The van der Waals surface area contributed by atoms with Crippen molar-refractivity contribution in [2.45, 2.75) is 25.0 Å². The number of hydrogen-bond donors (Lipinski definition) is 1. The molecule has 130 valence electrons. The van der Waals surface area contributed by atoms with E-state index in [1.54, 1.807) is 6.08 Å². The van der Waals surface area contributed by atoms with E-state index in [9.17, 15) is 0 Å². The predicted molar refractivity (Wildman–Crippen MR) is 101 cm³/mol. The molecular weight excluding hydrogens is 334 g/mol. The molecule has 2 aromatic rings. The number of ether oxygens (including phenoxy) is 2. The van der Waals surface area contributed by atoms with Gasteiger partial charge in [-0.15, -0.1) is 0 Å². The lowest BCUT2D eigenvalue weighted by molar-refractivity contribution is -0.0381. The molecular formula is C21H22ClNO2. The molecule has 0 amide bonds. The zero-order valence-electron chi connectivity index (χ0n) is 14.1. The summed E-state index contributed by atoms with van der Waals surface area (Å²) in [6.07, 6.45) is 4.07. The first-order valence-corrected chi connectivity index (χ1v) is 9.15. The van der Waals surface area contributed by atoms with Crippen molar-refractivity contribution in [1.29, 1.82) is 0 Å². The van der Waals surface area contributed by atoms with Gasteiger partial charge in [0.15, 0.2) is 0 Å². The first-order valence-electron chi connectivity index (χ1n) is 8.77. The van der Waals surface area contributed by atoms with E-state index < -0.39 is 0 Å². The van der Waals surface area contributed by atoms with Crippen LogP contribution in [-0.2, 0) is 4.74 Å². The maximum Gasteiger partial charge on any atom is 0.120 e. The summed E-state index contributed by atoms with van der Waals surface area (Å²) >= 11 is 6.22. The van der Waals surface area contributed by atoms with Gasteiger partial charge in [0, 0.05) is 28.8 Å². The van der Waals surface area contributed by atoms with Gasteiger partial charge >= 0.3 is 0 Å². The molecule has 3 atom stereocenters. The summed E-state index contributed by atoms with van der Waals surface area (Å²) in [5, 5.41) is 4.46. The highest BCUT2D eigenvalue weighted by molar-refractivity contribution is 6.30. The molecule has 0 unspecified atom stereocenters. The van der Waals surface area contributed by atoms with E-state index in [2.05, 4.69) is 30.1 Å². The number of anilines is 1. The maximum atomic E-state index is 6.22. The second-order valence-electron chi connectivity index (χ2n) is 6.62. The molecule has 4 heteroatoms. The first kappa shape index (κ1) is 16.5. The van der Waals surface area contributed by atoms with Crippen molar-refractivity contribution < 1.29 is 9.47 Å². The number of hydrogen-bond acceptors (Lipinski definition) is 3. The number of rotatable bonds is 4. The van der Waals surface area contributed by atoms with Crippen LogP contribution in [0.3, 0.4) is 0 Å². The molecule has 2 aliphatic rings. The van der Waals surface area contributed by atoms with Gasteiger partial charge in [-0.25, -0.2) is 0 Å². The Morgan fingerprint density at radius 2 is 2.20 bits per heavy atom. The molecule has 3 nitrogen and oxygen atoms in total. The molecule has 25 heavy (non-hydrogen) atoms. The summed E-state index contributed by atoms with van der Waals surface area (Å²) < 4.78 is 11.9. The number of halogens is 1. The van der Waals surface area contributed by atoms with Crippen LogP contribution in [0.5, 0.6) is 5.75 Å². The fourth-order valence-electron chi connectivity index (χ4n) is 3.92. The summed E-state index contributed by atoms with van der Waals surface area (Å²) in [7, 11) is 0. The molecule has 0 radical (unpaired) electrons. The maximum absolute atomic E-state index is 6.22. The van der Waals surface area contributed by atoms with Crippen molar-refractivity contribution in [2.24, 2.45) is 5.92 Å². The highest BCUT2D eigenvalue weighted by atomic mass is 35.5. The van der Waals surface area contributed by atoms with Crippen molar-refractivity contribution >= 4 is 17.3 Å². The topological polar surface area (TPSA) is 30.5 Å². The lowest BCUT2D eigenvalue weighted by atomic mass is 9.77.